The molecule has 1 fully saturated rings. The number of carbonyl (C=O) groups is 1. The van der Waals surface area contributed by atoms with Crippen molar-refractivity contribution in [3.63, 3.8) is 0 Å². The Morgan fingerprint density at radius 2 is 1.78 bits per heavy atom. The lowest BCUT2D eigenvalue weighted by Gasteiger charge is -2.24. The lowest BCUT2D eigenvalue weighted by atomic mass is 9.95. The van der Waals surface area contributed by atoms with E-state index in [1.165, 1.54) is 25.7 Å². The van der Waals surface area contributed by atoms with Gasteiger partial charge in [-0.3, -0.25) is 4.79 Å². The van der Waals surface area contributed by atoms with E-state index in [-0.39, 0.29) is 29.5 Å². The van der Waals surface area contributed by atoms with Gasteiger partial charge in [-0.25, -0.2) is 13.1 Å². The molecule has 0 saturated heterocycles. The molecule has 0 spiro atoms. The fourth-order valence-corrected chi connectivity index (χ4v) is 4.37. The Kier molecular flexibility index (Phi) is 8.07. The molecule has 0 aromatic heterocycles. The lowest BCUT2D eigenvalue weighted by molar-refractivity contribution is -0.128. The molecule has 0 heterocycles. The van der Waals surface area contributed by atoms with Crippen molar-refractivity contribution < 1.29 is 22.7 Å². The molecule has 0 unspecified atom stereocenters. The van der Waals surface area contributed by atoms with Crippen LogP contribution < -0.4 is 14.8 Å². The third-order valence-corrected chi connectivity index (χ3v) is 6.15. The molecular weight excluding hydrogens is 368 g/mol. The van der Waals surface area contributed by atoms with Crippen LogP contribution in [0.1, 0.15) is 46.0 Å². The SMILES string of the molecule is COC[C@@H](C)NS(=O)(=O)c1ccc(O[C@@H](C)C(=O)NC2CCCCC2)cc1. The van der Waals surface area contributed by atoms with E-state index in [1.807, 2.05) is 0 Å². The number of amides is 1. The molecule has 1 aliphatic rings. The van der Waals surface area contributed by atoms with E-state index in [9.17, 15) is 13.2 Å². The number of rotatable bonds is 9. The monoisotopic (exact) mass is 398 g/mol. The highest BCUT2D eigenvalue weighted by atomic mass is 32.2. The van der Waals surface area contributed by atoms with Crippen LogP contribution in [0.15, 0.2) is 29.2 Å². The van der Waals surface area contributed by atoms with E-state index in [2.05, 4.69) is 10.0 Å². The van der Waals surface area contributed by atoms with Crippen LogP contribution in [-0.4, -0.2) is 46.2 Å². The summed E-state index contributed by atoms with van der Waals surface area (Å²) in [5.41, 5.74) is 0. The van der Waals surface area contributed by atoms with Crippen molar-refractivity contribution in [1.29, 1.82) is 0 Å². The van der Waals surface area contributed by atoms with Crippen LogP contribution in [0.3, 0.4) is 0 Å². The number of ether oxygens (including phenoxy) is 2. The summed E-state index contributed by atoms with van der Waals surface area (Å²) in [5.74, 6) is 0.304. The Balaban J connectivity index is 1.91. The van der Waals surface area contributed by atoms with Crippen LogP contribution in [0.5, 0.6) is 5.75 Å². The van der Waals surface area contributed by atoms with Crippen LogP contribution in [-0.2, 0) is 19.6 Å². The minimum atomic E-state index is -3.63. The van der Waals surface area contributed by atoms with Crippen molar-refractivity contribution in [2.45, 2.75) is 69.0 Å². The third kappa shape index (κ3) is 6.79. The van der Waals surface area contributed by atoms with E-state index in [0.717, 1.165) is 25.7 Å². The molecule has 152 valence electrons. The van der Waals surface area contributed by atoms with Gasteiger partial charge in [0.15, 0.2) is 6.10 Å². The first-order chi connectivity index (χ1) is 12.8. The molecule has 1 saturated carbocycles. The van der Waals surface area contributed by atoms with E-state index < -0.39 is 16.1 Å². The molecule has 0 radical (unpaired) electrons. The molecule has 1 aliphatic carbocycles. The number of methoxy groups -OCH3 is 1. The number of sulfonamides is 1. The molecule has 2 rings (SSSR count). The fraction of sp³-hybridized carbons (Fsp3) is 0.632. The summed E-state index contributed by atoms with van der Waals surface area (Å²) >= 11 is 0. The summed E-state index contributed by atoms with van der Waals surface area (Å²) in [6.45, 7) is 3.70. The fourth-order valence-electron chi connectivity index (χ4n) is 3.14. The van der Waals surface area contributed by atoms with E-state index in [4.69, 9.17) is 9.47 Å². The molecule has 1 aromatic rings. The third-order valence-electron chi connectivity index (χ3n) is 4.54. The standard InChI is InChI=1S/C19H30N2O5S/c1-14(13-25-3)21-27(23,24)18-11-9-17(10-12-18)26-15(2)19(22)20-16-7-5-4-6-8-16/h9-12,14-16,21H,4-8,13H2,1-3H3,(H,20,22)/t14-,15+/m1/s1. The summed E-state index contributed by atoms with van der Waals surface area (Å²) in [6.07, 6.45) is 4.90. The second-order valence-corrected chi connectivity index (χ2v) is 8.77. The van der Waals surface area contributed by atoms with Crippen molar-refractivity contribution in [1.82, 2.24) is 10.0 Å². The van der Waals surface area contributed by atoms with Crippen LogP contribution in [0.4, 0.5) is 0 Å². The van der Waals surface area contributed by atoms with Crippen molar-refractivity contribution in [2.75, 3.05) is 13.7 Å². The molecule has 27 heavy (non-hydrogen) atoms. The number of benzene rings is 1. The molecule has 8 heteroatoms. The topological polar surface area (TPSA) is 93.7 Å². The summed E-state index contributed by atoms with van der Waals surface area (Å²) in [5, 5.41) is 3.03. The van der Waals surface area contributed by atoms with Gasteiger partial charge in [-0.2, -0.15) is 0 Å². The Hall–Kier alpha value is -1.64. The smallest absolute Gasteiger partial charge is 0.260 e. The van der Waals surface area contributed by atoms with Gasteiger partial charge in [0.05, 0.1) is 11.5 Å². The zero-order valence-corrected chi connectivity index (χ0v) is 17.1. The van der Waals surface area contributed by atoms with E-state index in [0.29, 0.717) is 5.75 Å². The number of carbonyl (C=O) groups excluding carboxylic acids is 1. The highest BCUT2D eigenvalue weighted by Crippen LogP contribution is 2.19. The molecule has 0 bridgehead atoms. The quantitative estimate of drug-likeness (QED) is 0.665. The summed E-state index contributed by atoms with van der Waals surface area (Å²) in [4.78, 5) is 12.4. The predicted molar refractivity (Wildman–Crippen MR) is 103 cm³/mol. The van der Waals surface area contributed by atoms with Gasteiger partial charge >= 0.3 is 0 Å². The zero-order chi connectivity index (χ0) is 19.9. The van der Waals surface area contributed by atoms with Crippen molar-refractivity contribution in [3.05, 3.63) is 24.3 Å². The van der Waals surface area contributed by atoms with Gasteiger partial charge in [0.25, 0.3) is 5.91 Å². The van der Waals surface area contributed by atoms with Crippen LogP contribution >= 0.6 is 0 Å². The predicted octanol–water partition coefficient (Wildman–Crippen LogP) is 2.22. The minimum Gasteiger partial charge on any atom is -0.481 e. The van der Waals surface area contributed by atoms with Gasteiger partial charge in [0, 0.05) is 19.2 Å². The van der Waals surface area contributed by atoms with Gasteiger partial charge in [-0.1, -0.05) is 19.3 Å². The van der Waals surface area contributed by atoms with E-state index in [1.54, 1.807) is 26.0 Å². The Morgan fingerprint density at radius 3 is 2.37 bits per heavy atom. The van der Waals surface area contributed by atoms with Crippen molar-refractivity contribution in [2.24, 2.45) is 0 Å². The van der Waals surface area contributed by atoms with Gasteiger partial charge in [-0.15, -0.1) is 0 Å². The van der Waals surface area contributed by atoms with Gasteiger partial charge in [0.2, 0.25) is 10.0 Å². The normalized spacial score (nSPS) is 17.9. The number of hydrogen-bond donors (Lipinski definition) is 2. The second-order valence-electron chi connectivity index (χ2n) is 7.05. The summed E-state index contributed by atoms with van der Waals surface area (Å²) in [6, 6.07) is 5.93. The second kappa shape index (κ2) is 10.1. The Morgan fingerprint density at radius 1 is 1.15 bits per heavy atom. The average Bonchev–Trinajstić information content (AvgIpc) is 2.62. The number of nitrogens with one attached hydrogen (secondary N) is 2. The first-order valence-electron chi connectivity index (χ1n) is 9.40. The van der Waals surface area contributed by atoms with Crippen LogP contribution in [0, 0.1) is 0 Å². The lowest BCUT2D eigenvalue weighted by Crippen LogP contribution is -2.43. The average molecular weight is 399 g/mol. The maximum Gasteiger partial charge on any atom is 0.260 e. The minimum absolute atomic E-state index is 0.136. The van der Waals surface area contributed by atoms with E-state index >= 15 is 0 Å². The molecule has 0 aliphatic heterocycles. The van der Waals surface area contributed by atoms with Gasteiger partial charge in [0.1, 0.15) is 5.75 Å². The first-order valence-corrected chi connectivity index (χ1v) is 10.9. The Bertz CT molecular complexity index is 699. The molecular formula is C19H30N2O5S. The van der Waals surface area contributed by atoms with Crippen LogP contribution in [0.25, 0.3) is 0 Å². The molecule has 1 amide bonds. The van der Waals surface area contributed by atoms with Gasteiger partial charge in [-0.05, 0) is 51.0 Å². The largest absolute Gasteiger partial charge is 0.481 e. The highest BCUT2D eigenvalue weighted by Gasteiger charge is 2.21. The van der Waals surface area contributed by atoms with Crippen LogP contribution in [0.2, 0.25) is 0 Å². The molecule has 1 aromatic carbocycles. The maximum absolute atomic E-state index is 12.3. The zero-order valence-electron chi connectivity index (χ0n) is 16.2. The van der Waals surface area contributed by atoms with Crippen molar-refractivity contribution in [3.8, 4) is 5.75 Å². The summed E-state index contributed by atoms with van der Waals surface area (Å²) in [7, 11) is -2.11. The van der Waals surface area contributed by atoms with Crippen molar-refractivity contribution >= 4 is 15.9 Å². The molecule has 2 atom stereocenters. The maximum atomic E-state index is 12.3. The first kappa shape index (κ1) is 21.7. The highest BCUT2D eigenvalue weighted by molar-refractivity contribution is 7.89. The Labute approximate surface area is 161 Å². The summed E-state index contributed by atoms with van der Waals surface area (Å²) < 4.78 is 37.8. The number of hydrogen-bond acceptors (Lipinski definition) is 5. The van der Waals surface area contributed by atoms with Gasteiger partial charge < -0.3 is 14.8 Å². The molecule has 7 nitrogen and oxygen atoms in total. The molecule has 2 N–H and O–H groups in total.